The summed E-state index contributed by atoms with van der Waals surface area (Å²) in [7, 11) is 0. The van der Waals surface area contributed by atoms with Gasteiger partial charge in [-0.3, -0.25) is 0 Å². The number of nitriles is 1. The fourth-order valence-electron chi connectivity index (χ4n) is 3.83. The smallest absolute Gasteiger partial charge is 0.101 e. The summed E-state index contributed by atoms with van der Waals surface area (Å²) >= 11 is 6.13. The number of halogens is 1. The Balaban J connectivity index is 1.86. The normalized spacial score (nSPS) is 29.1. The van der Waals surface area contributed by atoms with E-state index in [0.29, 0.717) is 16.5 Å². The second kappa shape index (κ2) is 5.27. The molecule has 1 saturated carbocycles. The number of fused-ring (bicyclic) bond motifs is 1. The van der Waals surface area contributed by atoms with Crippen LogP contribution in [0.3, 0.4) is 0 Å². The molecular formula is C16H19ClN2O. The van der Waals surface area contributed by atoms with Crippen molar-refractivity contribution in [2.45, 2.75) is 25.7 Å². The molecule has 2 atom stereocenters. The van der Waals surface area contributed by atoms with Gasteiger partial charge in [-0.1, -0.05) is 24.4 Å². The molecule has 106 valence electrons. The molecule has 1 aromatic carbocycles. The van der Waals surface area contributed by atoms with Crippen molar-refractivity contribution in [2.24, 2.45) is 11.3 Å². The molecule has 1 aliphatic heterocycles. The predicted molar refractivity (Wildman–Crippen MR) is 79.9 cm³/mol. The van der Waals surface area contributed by atoms with Crippen molar-refractivity contribution in [3.05, 3.63) is 28.8 Å². The molecule has 2 fully saturated rings. The highest BCUT2D eigenvalue weighted by atomic mass is 35.5. The number of anilines is 1. The highest BCUT2D eigenvalue weighted by Crippen LogP contribution is 2.47. The molecule has 3 rings (SSSR count). The fraction of sp³-hybridized carbons (Fsp3) is 0.562. The average molecular weight is 291 g/mol. The number of nitrogens with zero attached hydrogens (tertiary/aromatic N) is 2. The first-order valence-corrected chi connectivity index (χ1v) is 7.62. The van der Waals surface area contributed by atoms with Gasteiger partial charge < -0.3 is 10.0 Å². The highest BCUT2D eigenvalue weighted by Gasteiger charge is 2.47. The molecule has 1 N–H and O–H groups in total. The summed E-state index contributed by atoms with van der Waals surface area (Å²) in [6.07, 6.45) is 4.82. The number of hydrogen-bond acceptors (Lipinski definition) is 3. The summed E-state index contributed by atoms with van der Waals surface area (Å²) in [5.74, 6) is 0.579. The molecule has 20 heavy (non-hydrogen) atoms. The van der Waals surface area contributed by atoms with Crippen LogP contribution in [-0.4, -0.2) is 24.8 Å². The maximum atomic E-state index is 9.86. The van der Waals surface area contributed by atoms with Crippen molar-refractivity contribution in [1.82, 2.24) is 0 Å². The molecule has 0 unspecified atom stereocenters. The molecule has 0 aromatic heterocycles. The van der Waals surface area contributed by atoms with E-state index >= 15 is 0 Å². The monoisotopic (exact) mass is 290 g/mol. The maximum Gasteiger partial charge on any atom is 0.101 e. The van der Waals surface area contributed by atoms with Gasteiger partial charge in [0.25, 0.3) is 0 Å². The van der Waals surface area contributed by atoms with Crippen LogP contribution in [0.5, 0.6) is 0 Å². The lowest BCUT2D eigenvalue weighted by molar-refractivity contribution is 0.0627. The number of aliphatic hydroxyl groups is 1. The van der Waals surface area contributed by atoms with Crippen LogP contribution in [0.25, 0.3) is 0 Å². The first kappa shape index (κ1) is 13.7. The van der Waals surface area contributed by atoms with E-state index in [9.17, 15) is 5.11 Å². The third-order valence-corrected chi connectivity index (χ3v) is 5.36. The van der Waals surface area contributed by atoms with Crippen LogP contribution < -0.4 is 4.90 Å². The number of aliphatic hydroxyl groups excluding tert-OH is 1. The Kier molecular flexibility index (Phi) is 3.62. The van der Waals surface area contributed by atoms with E-state index in [0.717, 1.165) is 25.2 Å². The Bertz CT molecular complexity index is 554. The summed E-state index contributed by atoms with van der Waals surface area (Å²) in [5.41, 5.74) is 1.65. The topological polar surface area (TPSA) is 47.3 Å². The van der Waals surface area contributed by atoms with Crippen molar-refractivity contribution >= 4 is 17.3 Å². The quantitative estimate of drug-likeness (QED) is 0.910. The molecule has 1 heterocycles. The molecule has 1 aliphatic carbocycles. The Labute approximate surface area is 124 Å². The zero-order chi connectivity index (χ0) is 14.2. The van der Waals surface area contributed by atoms with E-state index in [4.69, 9.17) is 16.9 Å². The van der Waals surface area contributed by atoms with E-state index in [1.165, 1.54) is 19.3 Å². The van der Waals surface area contributed by atoms with Gasteiger partial charge in [-0.15, -0.1) is 0 Å². The Morgan fingerprint density at radius 1 is 1.45 bits per heavy atom. The molecule has 2 aliphatic rings. The minimum absolute atomic E-state index is 0.0681. The van der Waals surface area contributed by atoms with Crippen molar-refractivity contribution in [1.29, 1.82) is 5.26 Å². The lowest BCUT2D eigenvalue weighted by atomic mass is 9.69. The predicted octanol–water partition coefficient (Wildman–Crippen LogP) is 3.20. The van der Waals surface area contributed by atoms with E-state index in [1.54, 1.807) is 6.07 Å². The van der Waals surface area contributed by atoms with Crippen LogP contribution in [0, 0.1) is 22.7 Å². The van der Waals surface area contributed by atoms with Gasteiger partial charge in [-0.2, -0.15) is 5.26 Å². The van der Waals surface area contributed by atoms with Crippen molar-refractivity contribution in [2.75, 3.05) is 24.6 Å². The Morgan fingerprint density at radius 3 is 2.95 bits per heavy atom. The molecule has 0 radical (unpaired) electrons. The van der Waals surface area contributed by atoms with Gasteiger partial charge >= 0.3 is 0 Å². The summed E-state index contributed by atoms with van der Waals surface area (Å²) in [6.45, 7) is 2.16. The first-order valence-electron chi connectivity index (χ1n) is 7.24. The van der Waals surface area contributed by atoms with Crippen molar-refractivity contribution in [3.8, 4) is 6.07 Å². The van der Waals surface area contributed by atoms with Gasteiger partial charge in [0.15, 0.2) is 0 Å². The third-order valence-electron chi connectivity index (χ3n) is 5.04. The van der Waals surface area contributed by atoms with Gasteiger partial charge in [0.1, 0.15) is 6.07 Å². The van der Waals surface area contributed by atoms with Crippen molar-refractivity contribution < 1.29 is 5.11 Å². The van der Waals surface area contributed by atoms with E-state index in [-0.39, 0.29) is 12.0 Å². The number of rotatable bonds is 2. The van der Waals surface area contributed by atoms with E-state index < -0.39 is 0 Å². The molecule has 1 aromatic rings. The molecule has 0 amide bonds. The van der Waals surface area contributed by atoms with Crippen LogP contribution >= 0.6 is 11.6 Å². The third kappa shape index (κ3) is 2.17. The van der Waals surface area contributed by atoms with E-state index in [1.807, 2.05) is 12.1 Å². The van der Waals surface area contributed by atoms with Gasteiger partial charge in [0, 0.05) is 24.2 Å². The maximum absolute atomic E-state index is 9.86. The summed E-state index contributed by atoms with van der Waals surface area (Å²) in [5, 5.41) is 19.3. The standard InChI is InChI=1S/C16H19ClN2O/c17-15-7-14(5-4-12(15)8-18)19-9-13-3-1-2-6-16(13,10-19)11-20/h4-5,7,13,20H,1-3,6,9-11H2/t13-,16+/m1/s1. The van der Waals surface area contributed by atoms with E-state index in [2.05, 4.69) is 11.0 Å². The molecule has 1 saturated heterocycles. The molecular weight excluding hydrogens is 272 g/mol. The highest BCUT2D eigenvalue weighted by molar-refractivity contribution is 6.32. The average Bonchev–Trinajstić information content (AvgIpc) is 2.87. The minimum atomic E-state index is 0.0681. The van der Waals surface area contributed by atoms with Crippen molar-refractivity contribution in [3.63, 3.8) is 0 Å². The molecule has 4 heteroatoms. The number of hydrogen-bond donors (Lipinski definition) is 1. The van der Waals surface area contributed by atoms with Gasteiger partial charge in [-0.25, -0.2) is 0 Å². The molecule has 3 nitrogen and oxygen atoms in total. The Hall–Kier alpha value is -1.24. The second-order valence-electron chi connectivity index (χ2n) is 6.12. The van der Waals surface area contributed by atoms with Crippen LogP contribution in [0.15, 0.2) is 18.2 Å². The van der Waals surface area contributed by atoms with Gasteiger partial charge in [-0.05, 0) is 37.0 Å². The van der Waals surface area contributed by atoms with Crippen LogP contribution in [0.2, 0.25) is 5.02 Å². The summed E-state index contributed by atoms with van der Waals surface area (Å²) < 4.78 is 0. The molecule has 0 bridgehead atoms. The van der Waals surface area contributed by atoms with Crippen LogP contribution in [0.1, 0.15) is 31.2 Å². The first-order chi connectivity index (χ1) is 9.68. The van der Waals surface area contributed by atoms with Crippen LogP contribution in [-0.2, 0) is 0 Å². The molecule has 0 spiro atoms. The summed E-state index contributed by atoms with van der Waals surface area (Å²) in [6, 6.07) is 7.72. The Morgan fingerprint density at radius 2 is 2.30 bits per heavy atom. The zero-order valence-electron chi connectivity index (χ0n) is 11.5. The SMILES string of the molecule is N#Cc1ccc(N2C[C@H]3CCCC[C@@]3(CO)C2)cc1Cl. The van der Waals surface area contributed by atoms with Gasteiger partial charge in [0.2, 0.25) is 0 Å². The second-order valence-corrected chi connectivity index (χ2v) is 6.53. The minimum Gasteiger partial charge on any atom is -0.396 e. The summed E-state index contributed by atoms with van der Waals surface area (Å²) in [4.78, 5) is 2.32. The largest absolute Gasteiger partial charge is 0.396 e. The number of benzene rings is 1. The fourth-order valence-corrected chi connectivity index (χ4v) is 4.05. The van der Waals surface area contributed by atoms with Gasteiger partial charge in [0.05, 0.1) is 17.2 Å². The lowest BCUT2D eigenvalue weighted by Gasteiger charge is -2.36. The zero-order valence-corrected chi connectivity index (χ0v) is 12.2. The lowest BCUT2D eigenvalue weighted by Crippen LogP contribution is -2.36. The van der Waals surface area contributed by atoms with Crippen LogP contribution in [0.4, 0.5) is 5.69 Å².